The van der Waals surface area contributed by atoms with Crippen LogP contribution in [-0.2, 0) is 6.54 Å². The van der Waals surface area contributed by atoms with Gasteiger partial charge in [-0.05, 0) is 49.3 Å². The summed E-state index contributed by atoms with van der Waals surface area (Å²) >= 11 is 0. The topological polar surface area (TPSA) is 15.3 Å². The molecular formula is C18H29FN2. The third kappa shape index (κ3) is 4.44. The molecule has 1 aromatic carbocycles. The fourth-order valence-electron chi connectivity index (χ4n) is 3.10. The van der Waals surface area contributed by atoms with Crippen LogP contribution < -0.4 is 10.2 Å². The number of halogens is 1. The maximum atomic E-state index is 14.4. The van der Waals surface area contributed by atoms with Crippen LogP contribution in [0.25, 0.3) is 0 Å². The molecule has 1 saturated heterocycles. The first kappa shape index (κ1) is 16.3. The van der Waals surface area contributed by atoms with Gasteiger partial charge in [0.15, 0.2) is 0 Å². The Morgan fingerprint density at radius 3 is 2.81 bits per heavy atom. The van der Waals surface area contributed by atoms with E-state index >= 15 is 0 Å². The summed E-state index contributed by atoms with van der Waals surface area (Å²) in [5, 5.41) is 3.40. The van der Waals surface area contributed by atoms with E-state index in [-0.39, 0.29) is 5.82 Å². The first-order valence-electron chi connectivity index (χ1n) is 8.26. The fraction of sp³-hybridized carbons (Fsp3) is 0.667. The molecule has 2 nitrogen and oxygen atoms in total. The zero-order valence-electron chi connectivity index (χ0n) is 13.7. The first-order valence-corrected chi connectivity index (χ1v) is 8.26. The maximum Gasteiger partial charge on any atom is 0.146 e. The number of para-hydroxylation sites is 1. The van der Waals surface area contributed by atoms with Crippen molar-refractivity contribution in [2.75, 3.05) is 24.5 Å². The lowest BCUT2D eigenvalue weighted by Crippen LogP contribution is -2.28. The minimum atomic E-state index is -0.0782. The summed E-state index contributed by atoms with van der Waals surface area (Å²) in [4.78, 5) is 2.26. The van der Waals surface area contributed by atoms with Crippen molar-refractivity contribution in [1.29, 1.82) is 0 Å². The quantitative estimate of drug-likeness (QED) is 0.812. The summed E-state index contributed by atoms with van der Waals surface area (Å²) in [6.45, 7) is 10.4. The van der Waals surface area contributed by atoms with Gasteiger partial charge in [0.1, 0.15) is 5.82 Å². The fourth-order valence-corrected chi connectivity index (χ4v) is 3.10. The first-order chi connectivity index (χ1) is 10.0. The lowest BCUT2D eigenvalue weighted by molar-refractivity contribution is 0.325. The molecular weight excluding hydrogens is 263 g/mol. The summed E-state index contributed by atoms with van der Waals surface area (Å²) in [7, 11) is 0. The Bertz CT molecular complexity index is 457. The highest BCUT2D eigenvalue weighted by molar-refractivity contribution is 5.55. The van der Waals surface area contributed by atoms with Gasteiger partial charge in [0.05, 0.1) is 5.69 Å². The third-order valence-electron chi connectivity index (χ3n) is 4.47. The van der Waals surface area contributed by atoms with Gasteiger partial charge < -0.3 is 10.2 Å². The van der Waals surface area contributed by atoms with E-state index in [9.17, 15) is 4.39 Å². The predicted octanol–water partition coefficient (Wildman–Crippen LogP) is 4.34. The summed E-state index contributed by atoms with van der Waals surface area (Å²) in [6.07, 6.45) is 4.59. The Kier molecular flexibility index (Phi) is 5.63. The molecule has 0 unspecified atom stereocenters. The average molecular weight is 292 g/mol. The zero-order chi connectivity index (χ0) is 15.3. The van der Waals surface area contributed by atoms with Crippen molar-refractivity contribution in [3.8, 4) is 0 Å². The maximum absolute atomic E-state index is 14.4. The molecule has 3 heteroatoms. The minimum Gasteiger partial charge on any atom is -0.369 e. The average Bonchev–Trinajstić information content (AvgIpc) is 2.60. The second-order valence-corrected chi connectivity index (χ2v) is 6.93. The van der Waals surface area contributed by atoms with Gasteiger partial charge in [0, 0.05) is 19.6 Å². The van der Waals surface area contributed by atoms with Crippen LogP contribution in [0, 0.1) is 11.2 Å². The highest BCUT2D eigenvalue weighted by atomic mass is 19.1. The third-order valence-corrected chi connectivity index (χ3v) is 4.47. The normalized spacial score (nSPS) is 18.6. The molecule has 1 aliphatic rings. The Hall–Kier alpha value is -1.09. The van der Waals surface area contributed by atoms with E-state index in [0.29, 0.717) is 5.41 Å². The molecule has 1 aliphatic heterocycles. The van der Waals surface area contributed by atoms with Gasteiger partial charge in [-0.15, -0.1) is 0 Å². The molecule has 0 atom stereocenters. The molecule has 0 bridgehead atoms. The summed E-state index contributed by atoms with van der Waals surface area (Å²) in [5.74, 6) is -0.0782. The van der Waals surface area contributed by atoms with Crippen LogP contribution in [0.5, 0.6) is 0 Å². The summed E-state index contributed by atoms with van der Waals surface area (Å²) in [6, 6.07) is 5.47. The minimum absolute atomic E-state index is 0.0782. The Labute approximate surface area is 128 Å². The number of anilines is 1. The van der Waals surface area contributed by atoms with Crippen LogP contribution in [0.2, 0.25) is 0 Å². The molecule has 1 aromatic rings. The van der Waals surface area contributed by atoms with E-state index in [4.69, 9.17) is 0 Å². The summed E-state index contributed by atoms with van der Waals surface area (Å²) < 4.78 is 14.4. The SMILES string of the molecule is CCCNCc1cccc(F)c1N1CCCC(C)(C)CC1. The van der Waals surface area contributed by atoms with E-state index in [2.05, 4.69) is 37.1 Å². The summed E-state index contributed by atoms with van der Waals surface area (Å²) in [5.41, 5.74) is 2.28. The number of nitrogens with zero attached hydrogens (tertiary/aromatic N) is 1. The predicted molar refractivity (Wildman–Crippen MR) is 88.2 cm³/mol. The van der Waals surface area contributed by atoms with Crippen LogP contribution in [0.3, 0.4) is 0 Å². The monoisotopic (exact) mass is 292 g/mol. The van der Waals surface area contributed by atoms with Gasteiger partial charge >= 0.3 is 0 Å². The highest BCUT2D eigenvalue weighted by Gasteiger charge is 2.25. The number of rotatable bonds is 5. The molecule has 0 aliphatic carbocycles. The van der Waals surface area contributed by atoms with Crippen molar-refractivity contribution in [3.63, 3.8) is 0 Å². The van der Waals surface area contributed by atoms with E-state index in [1.807, 2.05) is 6.07 Å². The van der Waals surface area contributed by atoms with Crippen LogP contribution in [0.1, 0.15) is 52.0 Å². The number of benzene rings is 1. The Morgan fingerprint density at radius 2 is 2.05 bits per heavy atom. The van der Waals surface area contributed by atoms with Crippen LogP contribution in [0.4, 0.5) is 10.1 Å². The van der Waals surface area contributed by atoms with Gasteiger partial charge in [-0.25, -0.2) is 4.39 Å². The van der Waals surface area contributed by atoms with Gasteiger partial charge in [0.2, 0.25) is 0 Å². The van der Waals surface area contributed by atoms with Crippen LogP contribution in [0.15, 0.2) is 18.2 Å². The molecule has 0 spiro atoms. The molecule has 1 heterocycles. The van der Waals surface area contributed by atoms with Crippen molar-refractivity contribution in [3.05, 3.63) is 29.6 Å². The molecule has 21 heavy (non-hydrogen) atoms. The van der Waals surface area contributed by atoms with Gasteiger partial charge in [-0.3, -0.25) is 0 Å². The van der Waals surface area contributed by atoms with Gasteiger partial charge in [-0.2, -0.15) is 0 Å². The standard InChI is InChI=1S/C18H29FN2/c1-4-11-20-14-15-7-5-8-16(19)17(15)21-12-6-9-18(2,3)10-13-21/h5,7-8,20H,4,6,9-14H2,1-3H3. The molecule has 118 valence electrons. The van der Waals surface area contributed by atoms with E-state index < -0.39 is 0 Å². The Morgan fingerprint density at radius 1 is 1.24 bits per heavy atom. The van der Waals surface area contributed by atoms with Crippen molar-refractivity contribution in [1.82, 2.24) is 5.32 Å². The van der Waals surface area contributed by atoms with E-state index in [1.165, 1.54) is 6.42 Å². The molecule has 1 N–H and O–H groups in total. The van der Waals surface area contributed by atoms with Crippen molar-refractivity contribution in [2.45, 2.75) is 53.0 Å². The van der Waals surface area contributed by atoms with E-state index in [1.54, 1.807) is 6.07 Å². The molecule has 0 aromatic heterocycles. The second-order valence-electron chi connectivity index (χ2n) is 6.93. The van der Waals surface area contributed by atoms with E-state index in [0.717, 1.165) is 56.7 Å². The molecule has 0 saturated carbocycles. The lowest BCUT2D eigenvalue weighted by Gasteiger charge is -2.27. The number of nitrogens with one attached hydrogen (secondary N) is 1. The molecule has 0 amide bonds. The van der Waals surface area contributed by atoms with Crippen molar-refractivity contribution >= 4 is 5.69 Å². The van der Waals surface area contributed by atoms with Crippen LogP contribution >= 0.6 is 0 Å². The molecule has 0 radical (unpaired) electrons. The van der Waals surface area contributed by atoms with Crippen molar-refractivity contribution < 1.29 is 4.39 Å². The second kappa shape index (κ2) is 7.26. The molecule has 2 rings (SSSR count). The number of hydrogen-bond donors (Lipinski definition) is 1. The molecule has 1 fully saturated rings. The van der Waals surface area contributed by atoms with Crippen LogP contribution in [-0.4, -0.2) is 19.6 Å². The van der Waals surface area contributed by atoms with Crippen molar-refractivity contribution in [2.24, 2.45) is 5.41 Å². The Balaban J connectivity index is 2.17. The van der Waals surface area contributed by atoms with Gasteiger partial charge in [0.25, 0.3) is 0 Å². The number of hydrogen-bond acceptors (Lipinski definition) is 2. The lowest BCUT2D eigenvalue weighted by atomic mass is 9.85. The smallest absolute Gasteiger partial charge is 0.146 e. The zero-order valence-corrected chi connectivity index (χ0v) is 13.7. The largest absolute Gasteiger partial charge is 0.369 e. The highest BCUT2D eigenvalue weighted by Crippen LogP contribution is 2.33. The van der Waals surface area contributed by atoms with Gasteiger partial charge in [-0.1, -0.05) is 32.9 Å².